The average molecular weight is 365 g/mol. The molecular formula is C21H24N4S. The lowest BCUT2D eigenvalue weighted by Gasteiger charge is -2.19. The van der Waals surface area contributed by atoms with Crippen LogP contribution in [-0.2, 0) is 0 Å². The highest BCUT2D eigenvalue weighted by Gasteiger charge is 2.22. The zero-order valence-corrected chi connectivity index (χ0v) is 15.9. The summed E-state index contributed by atoms with van der Waals surface area (Å²) in [4.78, 5) is 12.9. The number of aromatic amines is 1. The van der Waals surface area contributed by atoms with Crippen molar-refractivity contribution in [3.8, 4) is 11.3 Å². The van der Waals surface area contributed by atoms with Gasteiger partial charge in [-0.1, -0.05) is 55.7 Å². The van der Waals surface area contributed by atoms with Crippen LogP contribution in [0, 0.1) is 6.92 Å². The molecule has 0 unspecified atom stereocenters. The molecule has 0 radical (unpaired) electrons. The lowest BCUT2D eigenvalue weighted by Crippen LogP contribution is -2.06. The lowest BCUT2D eigenvalue weighted by molar-refractivity contribution is 0.431. The van der Waals surface area contributed by atoms with Gasteiger partial charge in [0.1, 0.15) is 5.82 Å². The quantitative estimate of drug-likeness (QED) is 0.586. The van der Waals surface area contributed by atoms with Gasteiger partial charge in [0.25, 0.3) is 0 Å². The third kappa shape index (κ3) is 3.58. The van der Waals surface area contributed by atoms with Crippen molar-refractivity contribution in [3.63, 3.8) is 0 Å². The van der Waals surface area contributed by atoms with Crippen LogP contribution in [0.4, 0.5) is 5.13 Å². The molecule has 134 valence electrons. The van der Waals surface area contributed by atoms with Crippen LogP contribution in [0.15, 0.2) is 42.4 Å². The molecule has 4 rings (SSSR count). The van der Waals surface area contributed by atoms with Gasteiger partial charge in [-0.2, -0.15) is 0 Å². The Morgan fingerprint density at radius 2 is 1.96 bits per heavy atom. The number of thiazole rings is 1. The van der Waals surface area contributed by atoms with Crippen LogP contribution in [-0.4, -0.2) is 15.0 Å². The Balaban J connectivity index is 1.70. The van der Waals surface area contributed by atoms with Crippen molar-refractivity contribution in [1.29, 1.82) is 0 Å². The van der Waals surface area contributed by atoms with Crippen molar-refractivity contribution in [3.05, 3.63) is 59.5 Å². The van der Waals surface area contributed by atoms with Crippen LogP contribution in [0.3, 0.4) is 0 Å². The molecule has 2 N–H and O–H groups in total. The summed E-state index contributed by atoms with van der Waals surface area (Å²) < 4.78 is 0. The molecule has 5 heteroatoms. The van der Waals surface area contributed by atoms with Crippen LogP contribution in [0.5, 0.6) is 0 Å². The fourth-order valence-corrected chi connectivity index (χ4v) is 4.13. The molecule has 3 aromatic rings. The molecule has 1 aromatic carbocycles. The SMILES string of the molecule is C=C(Nc1nccs1)c1[nH]c(C2CCCCC2)nc1-c1ccc(C)cc1. The maximum Gasteiger partial charge on any atom is 0.187 e. The Hall–Kier alpha value is -2.40. The van der Waals surface area contributed by atoms with E-state index < -0.39 is 0 Å². The summed E-state index contributed by atoms with van der Waals surface area (Å²) in [5, 5.41) is 6.12. The van der Waals surface area contributed by atoms with Crippen LogP contribution in [0.2, 0.25) is 0 Å². The maximum atomic E-state index is 5.01. The van der Waals surface area contributed by atoms with E-state index >= 15 is 0 Å². The second-order valence-electron chi connectivity index (χ2n) is 6.99. The largest absolute Gasteiger partial charge is 0.340 e. The van der Waals surface area contributed by atoms with E-state index in [1.165, 1.54) is 37.7 Å². The average Bonchev–Trinajstić information content (AvgIpc) is 3.33. The number of imidazole rings is 1. The third-order valence-corrected chi connectivity index (χ3v) is 5.72. The second-order valence-corrected chi connectivity index (χ2v) is 7.88. The molecule has 1 fully saturated rings. The number of aromatic nitrogens is 3. The first-order valence-electron chi connectivity index (χ1n) is 9.23. The first-order valence-corrected chi connectivity index (χ1v) is 10.1. The van der Waals surface area contributed by atoms with E-state index in [9.17, 15) is 0 Å². The zero-order valence-electron chi connectivity index (χ0n) is 15.1. The van der Waals surface area contributed by atoms with Crippen LogP contribution < -0.4 is 5.32 Å². The molecule has 0 spiro atoms. The minimum atomic E-state index is 0.523. The molecule has 2 aromatic heterocycles. The van der Waals surface area contributed by atoms with Crippen molar-refractivity contribution in [1.82, 2.24) is 15.0 Å². The molecule has 2 heterocycles. The standard InChI is InChI=1S/C21H24N4S/c1-14-8-10-16(11-9-14)19-18(15(2)23-21-22-12-13-26-21)24-20(25-19)17-6-4-3-5-7-17/h8-13,17H,2-7H2,1H3,(H,22,23)(H,24,25). The Morgan fingerprint density at radius 3 is 2.65 bits per heavy atom. The Kier molecular flexibility index (Phi) is 4.89. The highest BCUT2D eigenvalue weighted by molar-refractivity contribution is 7.13. The van der Waals surface area contributed by atoms with E-state index in [-0.39, 0.29) is 0 Å². The molecule has 0 bridgehead atoms. The summed E-state index contributed by atoms with van der Waals surface area (Å²) in [6.45, 7) is 6.35. The second kappa shape index (κ2) is 7.46. The Bertz CT molecular complexity index is 871. The molecule has 0 atom stereocenters. The van der Waals surface area contributed by atoms with Gasteiger partial charge in [-0.15, -0.1) is 11.3 Å². The fraction of sp³-hybridized carbons (Fsp3) is 0.333. The van der Waals surface area contributed by atoms with Crippen molar-refractivity contribution >= 4 is 22.2 Å². The number of nitrogens with zero attached hydrogens (tertiary/aromatic N) is 2. The van der Waals surface area contributed by atoms with Crippen LogP contribution in [0.1, 0.15) is 55.1 Å². The van der Waals surface area contributed by atoms with Crippen LogP contribution in [0.25, 0.3) is 17.0 Å². The number of aryl methyl sites for hydroxylation is 1. The van der Waals surface area contributed by atoms with Gasteiger partial charge in [-0.3, -0.25) is 0 Å². The summed E-state index contributed by atoms with van der Waals surface area (Å²) in [7, 11) is 0. The summed E-state index contributed by atoms with van der Waals surface area (Å²) >= 11 is 1.57. The predicted molar refractivity (Wildman–Crippen MR) is 109 cm³/mol. The summed E-state index contributed by atoms with van der Waals surface area (Å²) in [6.07, 6.45) is 8.14. The number of rotatable bonds is 5. The van der Waals surface area contributed by atoms with Gasteiger partial charge in [-0.25, -0.2) is 9.97 Å². The minimum Gasteiger partial charge on any atom is -0.340 e. The Morgan fingerprint density at radius 1 is 1.19 bits per heavy atom. The van der Waals surface area contributed by atoms with Crippen molar-refractivity contribution in [2.24, 2.45) is 0 Å². The summed E-state index contributed by atoms with van der Waals surface area (Å²) in [6, 6.07) is 8.53. The number of anilines is 1. The normalized spacial score (nSPS) is 15.1. The number of nitrogens with one attached hydrogen (secondary N) is 2. The maximum absolute atomic E-state index is 5.01. The van der Waals surface area contributed by atoms with Crippen molar-refractivity contribution in [2.45, 2.75) is 44.9 Å². The molecule has 0 saturated heterocycles. The number of hydrogen-bond donors (Lipinski definition) is 2. The molecule has 0 amide bonds. The van der Waals surface area contributed by atoms with Crippen molar-refractivity contribution < 1.29 is 0 Å². The van der Waals surface area contributed by atoms with E-state index in [2.05, 4.69) is 53.1 Å². The van der Waals surface area contributed by atoms with E-state index in [4.69, 9.17) is 4.98 Å². The monoisotopic (exact) mass is 364 g/mol. The smallest absolute Gasteiger partial charge is 0.187 e. The third-order valence-electron chi connectivity index (χ3n) is 5.03. The molecule has 26 heavy (non-hydrogen) atoms. The topological polar surface area (TPSA) is 53.6 Å². The lowest BCUT2D eigenvalue weighted by atomic mass is 9.89. The first-order chi connectivity index (χ1) is 12.7. The minimum absolute atomic E-state index is 0.523. The van der Waals surface area contributed by atoms with Gasteiger partial charge >= 0.3 is 0 Å². The first kappa shape index (κ1) is 17.0. The molecule has 0 aliphatic heterocycles. The summed E-state index contributed by atoms with van der Waals surface area (Å²) in [5.41, 5.74) is 5.11. The van der Waals surface area contributed by atoms with Gasteiger partial charge in [0.05, 0.1) is 17.1 Å². The van der Waals surface area contributed by atoms with Crippen LogP contribution >= 0.6 is 11.3 Å². The molecule has 1 saturated carbocycles. The highest BCUT2D eigenvalue weighted by Crippen LogP contribution is 2.35. The van der Waals surface area contributed by atoms with Gasteiger partial charge < -0.3 is 10.3 Å². The molecule has 1 aliphatic carbocycles. The number of hydrogen-bond acceptors (Lipinski definition) is 4. The summed E-state index contributed by atoms with van der Waals surface area (Å²) in [5.74, 6) is 1.62. The van der Waals surface area contributed by atoms with Gasteiger partial charge in [0.15, 0.2) is 5.13 Å². The highest BCUT2D eigenvalue weighted by atomic mass is 32.1. The Labute approximate surface area is 158 Å². The predicted octanol–water partition coefficient (Wildman–Crippen LogP) is 5.97. The van der Waals surface area contributed by atoms with E-state index in [1.807, 2.05) is 5.38 Å². The molecule has 4 nitrogen and oxygen atoms in total. The molecular weight excluding hydrogens is 340 g/mol. The van der Waals surface area contributed by atoms with Gasteiger partial charge in [-0.05, 0) is 19.8 Å². The van der Waals surface area contributed by atoms with E-state index in [0.29, 0.717) is 5.92 Å². The van der Waals surface area contributed by atoms with Gasteiger partial charge in [0.2, 0.25) is 0 Å². The van der Waals surface area contributed by atoms with E-state index in [0.717, 1.165) is 33.6 Å². The van der Waals surface area contributed by atoms with Gasteiger partial charge in [0, 0.05) is 23.1 Å². The van der Waals surface area contributed by atoms with Crippen molar-refractivity contribution in [2.75, 3.05) is 5.32 Å². The number of benzene rings is 1. The number of H-pyrrole nitrogens is 1. The van der Waals surface area contributed by atoms with E-state index in [1.54, 1.807) is 17.5 Å². The molecule has 1 aliphatic rings. The zero-order chi connectivity index (χ0) is 17.9. The fourth-order valence-electron chi connectivity index (χ4n) is 3.58.